The van der Waals surface area contributed by atoms with Gasteiger partial charge in [-0.25, -0.2) is 0 Å². The van der Waals surface area contributed by atoms with E-state index in [0.717, 1.165) is 28.2 Å². The minimum atomic E-state index is 0.552. The molecule has 1 heterocycles. The molecule has 0 aliphatic carbocycles. The molecule has 4 heteroatoms. The summed E-state index contributed by atoms with van der Waals surface area (Å²) in [6.07, 6.45) is 0. The Morgan fingerprint density at radius 3 is 2.09 bits per heavy atom. The van der Waals surface area contributed by atoms with Crippen LogP contribution in [0.2, 0.25) is 0 Å². The van der Waals surface area contributed by atoms with E-state index in [4.69, 9.17) is 5.73 Å². The number of hydrogen-bond acceptors (Lipinski definition) is 4. The second-order valence-electron chi connectivity index (χ2n) is 4.94. The lowest BCUT2D eigenvalue weighted by molar-refractivity contribution is 0.975. The van der Waals surface area contributed by atoms with Gasteiger partial charge in [0.05, 0.1) is 5.69 Å². The van der Waals surface area contributed by atoms with E-state index in [0.29, 0.717) is 13.1 Å². The molecule has 4 nitrogen and oxygen atoms in total. The highest BCUT2D eigenvalue weighted by atomic mass is 15.2. The maximum absolute atomic E-state index is 5.58. The van der Waals surface area contributed by atoms with Crippen LogP contribution in [0.4, 0.5) is 5.82 Å². The smallest absolute Gasteiger partial charge is 0.156 e. The molecule has 1 aromatic heterocycles. The largest absolute Gasteiger partial charge is 0.367 e. The minimum absolute atomic E-state index is 0.552. The molecule has 0 radical (unpaired) electrons. The summed E-state index contributed by atoms with van der Waals surface area (Å²) in [6, 6.07) is 22.3. The van der Waals surface area contributed by atoms with Gasteiger partial charge in [-0.1, -0.05) is 60.7 Å². The van der Waals surface area contributed by atoms with Gasteiger partial charge >= 0.3 is 0 Å². The molecular formula is C18H18N4. The molecule has 0 aliphatic heterocycles. The summed E-state index contributed by atoms with van der Waals surface area (Å²) in [6.45, 7) is 1.22. The minimum Gasteiger partial charge on any atom is -0.367 e. The first-order valence-electron chi connectivity index (χ1n) is 7.31. The first kappa shape index (κ1) is 14.2. The maximum atomic E-state index is 5.58. The van der Waals surface area contributed by atoms with Crippen LogP contribution in [-0.4, -0.2) is 23.3 Å². The van der Waals surface area contributed by atoms with E-state index in [9.17, 15) is 0 Å². The Kier molecular flexibility index (Phi) is 4.41. The van der Waals surface area contributed by atoms with Gasteiger partial charge in [0.15, 0.2) is 5.82 Å². The van der Waals surface area contributed by atoms with Crippen molar-refractivity contribution >= 4 is 5.82 Å². The maximum Gasteiger partial charge on any atom is 0.156 e. The van der Waals surface area contributed by atoms with Gasteiger partial charge in [0.25, 0.3) is 0 Å². The van der Waals surface area contributed by atoms with E-state index in [1.165, 1.54) is 0 Å². The van der Waals surface area contributed by atoms with Crippen LogP contribution in [-0.2, 0) is 0 Å². The monoisotopic (exact) mass is 290 g/mol. The quantitative estimate of drug-likeness (QED) is 0.757. The number of aromatic nitrogens is 2. The fourth-order valence-corrected chi connectivity index (χ4v) is 2.30. The molecule has 0 atom stereocenters. The molecule has 0 aliphatic rings. The van der Waals surface area contributed by atoms with Crippen molar-refractivity contribution in [1.82, 2.24) is 10.2 Å². The highest BCUT2D eigenvalue weighted by Crippen LogP contribution is 2.29. The molecule has 110 valence electrons. The molecule has 0 fully saturated rings. The highest BCUT2D eigenvalue weighted by Gasteiger charge is 2.10. The molecule has 3 N–H and O–H groups in total. The SMILES string of the molecule is NCCNc1nnc(-c2ccccc2)cc1-c1ccccc1. The van der Waals surface area contributed by atoms with Crippen LogP contribution in [0, 0.1) is 0 Å². The van der Waals surface area contributed by atoms with Gasteiger partial charge in [-0.05, 0) is 11.6 Å². The third-order valence-electron chi connectivity index (χ3n) is 3.39. The second-order valence-corrected chi connectivity index (χ2v) is 4.94. The Bertz CT molecular complexity index is 727. The molecular weight excluding hydrogens is 272 g/mol. The first-order valence-corrected chi connectivity index (χ1v) is 7.31. The van der Waals surface area contributed by atoms with Crippen LogP contribution in [0.5, 0.6) is 0 Å². The number of hydrogen-bond donors (Lipinski definition) is 2. The van der Waals surface area contributed by atoms with Gasteiger partial charge in [0.2, 0.25) is 0 Å². The van der Waals surface area contributed by atoms with Crippen LogP contribution < -0.4 is 11.1 Å². The number of nitrogens with zero attached hydrogens (tertiary/aromatic N) is 2. The summed E-state index contributed by atoms with van der Waals surface area (Å²) in [5.74, 6) is 0.760. The topological polar surface area (TPSA) is 63.8 Å². The van der Waals surface area contributed by atoms with E-state index < -0.39 is 0 Å². The van der Waals surface area contributed by atoms with Crippen molar-refractivity contribution in [2.75, 3.05) is 18.4 Å². The van der Waals surface area contributed by atoms with Gasteiger partial charge in [0, 0.05) is 24.2 Å². The summed E-state index contributed by atoms with van der Waals surface area (Å²) in [4.78, 5) is 0. The first-order chi connectivity index (χ1) is 10.9. The molecule has 0 spiro atoms. The molecule has 0 amide bonds. The Labute approximate surface area is 130 Å². The highest BCUT2D eigenvalue weighted by molar-refractivity contribution is 5.78. The molecule has 22 heavy (non-hydrogen) atoms. The van der Waals surface area contributed by atoms with E-state index in [-0.39, 0.29) is 0 Å². The summed E-state index contributed by atoms with van der Waals surface area (Å²) >= 11 is 0. The van der Waals surface area contributed by atoms with Crippen molar-refractivity contribution in [3.8, 4) is 22.4 Å². The van der Waals surface area contributed by atoms with Crippen molar-refractivity contribution in [2.45, 2.75) is 0 Å². The Hall–Kier alpha value is -2.72. The molecule has 0 unspecified atom stereocenters. The van der Waals surface area contributed by atoms with Crippen molar-refractivity contribution in [3.63, 3.8) is 0 Å². The Morgan fingerprint density at radius 1 is 0.818 bits per heavy atom. The fraction of sp³-hybridized carbons (Fsp3) is 0.111. The van der Waals surface area contributed by atoms with Crippen LogP contribution in [0.25, 0.3) is 22.4 Å². The van der Waals surface area contributed by atoms with Gasteiger partial charge in [-0.2, -0.15) is 0 Å². The third kappa shape index (κ3) is 3.13. The van der Waals surface area contributed by atoms with E-state index >= 15 is 0 Å². The predicted octanol–water partition coefficient (Wildman–Crippen LogP) is 3.18. The van der Waals surface area contributed by atoms with E-state index in [2.05, 4.69) is 33.7 Å². The number of nitrogens with one attached hydrogen (secondary N) is 1. The van der Waals surface area contributed by atoms with Crippen LogP contribution in [0.3, 0.4) is 0 Å². The van der Waals surface area contributed by atoms with Gasteiger partial charge < -0.3 is 11.1 Å². The zero-order valence-electron chi connectivity index (χ0n) is 12.2. The molecule has 3 aromatic rings. The Balaban J connectivity index is 2.06. The summed E-state index contributed by atoms with van der Waals surface area (Å²) in [5, 5.41) is 11.9. The lowest BCUT2D eigenvalue weighted by Gasteiger charge is -2.11. The van der Waals surface area contributed by atoms with Gasteiger partial charge in [-0.15, -0.1) is 10.2 Å². The van der Waals surface area contributed by atoms with Crippen molar-refractivity contribution < 1.29 is 0 Å². The Morgan fingerprint density at radius 2 is 1.45 bits per heavy atom. The van der Waals surface area contributed by atoms with Gasteiger partial charge in [0.1, 0.15) is 0 Å². The number of anilines is 1. The number of rotatable bonds is 5. The molecule has 0 saturated carbocycles. The van der Waals surface area contributed by atoms with E-state index in [1.54, 1.807) is 0 Å². The molecule has 3 rings (SSSR count). The lowest BCUT2D eigenvalue weighted by atomic mass is 10.0. The average Bonchev–Trinajstić information content (AvgIpc) is 2.61. The van der Waals surface area contributed by atoms with Crippen LogP contribution in [0.1, 0.15) is 0 Å². The lowest BCUT2D eigenvalue weighted by Crippen LogP contribution is -2.15. The van der Waals surface area contributed by atoms with Crippen molar-refractivity contribution in [1.29, 1.82) is 0 Å². The zero-order chi connectivity index (χ0) is 15.2. The van der Waals surface area contributed by atoms with Crippen LogP contribution in [0.15, 0.2) is 66.7 Å². The second kappa shape index (κ2) is 6.83. The third-order valence-corrected chi connectivity index (χ3v) is 3.39. The number of nitrogens with two attached hydrogens (primary N) is 1. The average molecular weight is 290 g/mol. The van der Waals surface area contributed by atoms with Crippen LogP contribution >= 0.6 is 0 Å². The molecule has 0 saturated heterocycles. The standard InChI is InChI=1S/C18H18N4/c19-11-12-20-18-16(14-7-3-1-4-8-14)13-17(21-22-18)15-9-5-2-6-10-15/h1-10,13H,11-12,19H2,(H,20,22). The summed E-state index contributed by atoms with van der Waals surface area (Å²) < 4.78 is 0. The molecule has 2 aromatic carbocycles. The van der Waals surface area contributed by atoms with E-state index in [1.807, 2.05) is 48.5 Å². The fourth-order valence-electron chi connectivity index (χ4n) is 2.30. The number of benzene rings is 2. The zero-order valence-corrected chi connectivity index (χ0v) is 12.2. The summed E-state index contributed by atoms with van der Waals surface area (Å²) in [7, 11) is 0. The normalized spacial score (nSPS) is 10.4. The van der Waals surface area contributed by atoms with Gasteiger partial charge in [-0.3, -0.25) is 0 Å². The van der Waals surface area contributed by atoms with Crippen molar-refractivity contribution in [3.05, 3.63) is 66.7 Å². The van der Waals surface area contributed by atoms with Crippen molar-refractivity contribution in [2.24, 2.45) is 5.73 Å². The molecule has 0 bridgehead atoms. The summed E-state index contributed by atoms with van der Waals surface area (Å²) in [5.41, 5.74) is 9.62. The predicted molar refractivity (Wildman–Crippen MR) is 90.4 cm³/mol.